The first-order chi connectivity index (χ1) is 5.07. The molecule has 1 atom stereocenters. The van der Waals surface area contributed by atoms with Gasteiger partial charge in [-0.3, -0.25) is 4.79 Å². The van der Waals surface area contributed by atoms with Crippen molar-refractivity contribution in [2.75, 3.05) is 0 Å². The van der Waals surface area contributed by atoms with E-state index in [-0.39, 0.29) is 12.3 Å². The van der Waals surface area contributed by atoms with Gasteiger partial charge in [-0.15, -0.1) is 0 Å². The Morgan fingerprint density at radius 1 is 1.73 bits per heavy atom. The molecule has 0 saturated heterocycles. The van der Waals surface area contributed by atoms with Crippen molar-refractivity contribution in [3.63, 3.8) is 0 Å². The Hall–Kier alpha value is -1.22. The Morgan fingerprint density at radius 2 is 2.27 bits per heavy atom. The van der Waals surface area contributed by atoms with Gasteiger partial charge in [-0.05, 0) is 11.4 Å². The third kappa shape index (κ3) is 4.22. The molecule has 0 saturated carbocycles. The number of hydrogen-bond donors (Lipinski definition) is 1. The molecule has 1 N–H and O–H groups in total. The predicted octanol–water partition coefficient (Wildman–Crippen LogP) is 1.80. The van der Waals surface area contributed by atoms with E-state index >= 15 is 0 Å². The zero-order valence-electron chi connectivity index (χ0n) is 6.56. The first-order valence-corrected chi connectivity index (χ1v) is 3.34. The first-order valence-electron chi connectivity index (χ1n) is 3.34. The van der Waals surface area contributed by atoms with Crippen LogP contribution in [-0.4, -0.2) is 17.1 Å². The summed E-state index contributed by atoms with van der Waals surface area (Å²) in [5, 5.41) is 11.7. The van der Waals surface area contributed by atoms with Gasteiger partial charge in [0, 0.05) is 4.91 Å². The molecule has 5 heteroatoms. The molecule has 0 aliphatic heterocycles. The van der Waals surface area contributed by atoms with E-state index in [4.69, 9.17) is 10.6 Å². The van der Waals surface area contributed by atoms with Crippen LogP contribution >= 0.6 is 0 Å². The van der Waals surface area contributed by atoms with Gasteiger partial charge in [0.15, 0.2) is 0 Å². The molecule has 1 unspecified atom stereocenters. The largest absolute Gasteiger partial charge is 0.481 e. The second-order valence-electron chi connectivity index (χ2n) is 2.61. The van der Waals surface area contributed by atoms with Gasteiger partial charge in [0.25, 0.3) is 0 Å². The van der Waals surface area contributed by atoms with Crippen molar-refractivity contribution < 1.29 is 9.90 Å². The maximum absolute atomic E-state index is 10.2. The molecule has 0 aromatic rings. The van der Waals surface area contributed by atoms with Crippen molar-refractivity contribution in [2.24, 2.45) is 11.0 Å². The highest BCUT2D eigenvalue weighted by Crippen LogP contribution is 2.10. The van der Waals surface area contributed by atoms with Gasteiger partial charge in [0.1, 0.15) is 0 Å². The average molecular weight is 157 g/mol. The summed E-state index contributed by atoms with van der Waals surface area (Å²) in [7, 11) is 0. The molecule has 0 aliphatic rings. The van der Waals surface area contributed by atoms with Crippen LogP contribution in [0.25, 0.3) is 10.4 Å². The Kier molecular flexibility index (Phi) is 4.07. The summed E-state index contributed by atoms with van der Waals surface area (Å²) < 4.78 is 0. The van der Waals surface area contributed by atoms with Crippen LogP contribution in [0.4, 0.5) is 0 Å². The van der Waals surface area contributed by atoms with Crippen LogP contribution in [-0.2, 0) is 4.79 Å². The number of carboxylic acid groups (broad SMARTS) is 1. The van der Waals surface area contributed by atoms with E-state index in [1.807, 2.05) is 13.8 Å². The van der Waals surface area contributed by atoms with Crippen LogP contribution in [0.5, 0.6) is 0 Å². The standard InChI is InChI=1S/C6H11N3O2/c1-4(2)5(8-9-7)3-6(10)11/h4-5H,3H2,1-2H3,(H,10,11). The van der Waals surface area contributed by atoms with E-state index in [0.717, 1.165) is 0 Å². The highest BCUT2D eigenvalue weighted by atomic mass is 16.4. The summed E-state index contributed by atoms with van der Waals surface area (Å²) in [4.78, 5) is 12.8. The molecule has 0 bridgehead atoms. The van der Waals surface area contributed by atoms with Crippen molar-refractivity contribution in [2.45, 2.75) is 26.3 Å². The normalized spacial score (nSPS) is 12.3. The van der Waals surface area contributed by atoms with Crippen LogP contribution in [0.3, 0.4) is 0 Å². The number of carbonyl (C=O) groups is 1. The van der Waals surface area contributed by atoms with Gasteiger partial charge in [0.05, 0.1) is 12.5 Å². The molecule has 0 aromatic heterocycles. The van der Waals surface area contributed by atoms with Crippen LogP contribution in [0.1, 0.15) is 20.3 Å². The van der Waals surface area contributed by atoms with Gasteiger partial charge in [-0.1, -0.05) is 19.0 Å². The molecule has 0 fully saturated rings. The van der Waals surface area contributed by atoms with Gasteiger partial charge in [0.2, 0.25) is 0 Å². The molecular weight excluding hydrogens is 146 g/mol. The molecular formula is C6H11N3O2. The summed E-state index contributed by atoms with van der Waals surface area (Å²) in [6.45, 7) is 3.64. The fourth-order valence-corrected chi connectivity index (χ4v) is 0.655. The molecule has 0 aromatic carbocycles. The second-order valence-corrected chi connectivity index (χ2v) is 2.61. The van der Waals surface area contributed by atoms with E-state index in [2.05, 4.69) is 10.0 Å². The average Bonchev–Trinajstić information content (AvgIpc) is 1.86. The zero-order valence-corrected chi connectivity index (χ0v) is 6.56. The third-order valence-corrected chi connectivity index (χ3v) is 1.35. The maximum atomic E-state index is 10.2. The summed E-state index contributed by atoms with van der Waals surface area (Å²) in [6, 6.07) is -0.433. The van der Waals surface area contributed by atoms with Gasteiger partial charge < -0.3 is 5.11 Å². The fraction of sp³-hybridized carbons (Fsp3) is 0.833. The van der Waals surface area contributed by atoms with Crippen LogP contribution in [0, 0.1) is 5.92 Å². The van der Waals surface area contributed by atoms with Crippen molar-refractivity contribution >= 4 is 5.97 Å². The topological polar surface area (TPSA) is 86.1 Å². The van der Waals surface area contributed by atoms with E-state index in [9.17, 15) is 4.79 Å². The molecule has 0 heterocycles. The molecule has 11 heavy (non-hydrogen) atoms. The summed E-state index contributed by atoms with van der Waals surface area (Å²) >= 11 is 0. The van der Waals surface area contributed by atoms with Gasteiger partial charge >= 0.3 is 5.97 Å². The lowest BCUT2D eigenvalue weighted by atomic mass is 10.0. The van der Waals surface area contributed by atoms with Crippen molar-refractivity contribution in [1.29, 1.82) is 0 Å². The lowest BCUT2D eigenvalue weighted by molar-refractivity contribution is -0.137. The highest BCUT2D eigenvalue weighted by Gasteiger charge is 2.14. The van der Waals surface area contributed by atoms with Crippen molar-refractivity contribution in [3.05, 3.63) is 10.4 Å². The number of rotatable bonds is 4. The molecule has 0 radical (unpaired) electrons. The minimum Gasteiger partial charge on any atom is -0.481 e. The number of aliphatic carboxylic acids is 1. The smallest absolute Gasteiger partial charge is 0.303 e. The SMILES string of the molecule is CC(C)C(CC(=O)O)N=[N+]=[N-]. The minimum absolute atomic E-state index is 0.0713. The zero-order chi connectivity index (χ0) is 8.85. The van der Waals surface area contributed by atoms with E-state index in [1.54, 1.807) is 0 Å². The summed E-state index contributed by atoms with van der Waals surface area (Å²) in [6.07, 6.45) is -0.0955. The second kappa shape index (κ2) is 4.57. The summed E-state index contributed by atoms with van der Waals surface area (Å²) in [5.74, 6) is -0.863. The van der Waals surface area contributed by atoms with Crippen molar-refractivity contribution in [1.82, 2.24) is 0 Å². The van der Waals surface area contributed by atoms with Crippen molar-refractivity contribution in [3.8, 4) is 0 Å². The van der Waals surface area contributed by atoms with E-state index in [1.165, 1.54) is 0 Å². The Morgan fingerprint density at radius 3 is 2.55 bits per heavy atom. The lowest BCUT2D eigenvalue weighted by Gasteiger charge is -2.10. The van der Waals surface area contributed by atoms with E-state index in [0.29, 0.717) is 0 Å². The molecule has 0 aliphatic carbocycles. The van der Waals surface area contributed by atoms with Crippen LogP contribution < -0.4 is 0 Å². The van der Waals surface area contributed by atoms with Gasteiger partial charge in [-0.25, -0.2) is 0 Å². The van der Waals surface area contributed by atoms with Crippen LogP contribution in [0.15, 0.2) is 5.11 Å². The molecule has 62 valence electrons. The molecule has 5 nitrogen and oxygen atoms in total. The van der Waals surface area contributed by atoms with E-state index < -0.39 is 12.0 Å². The minimum atomic E-state index is -0.934. The van der Waals surface area contributed by atoms with Gasteiger partial charge in [-0.2, -0.15) is 0 Å². The predicted molar refractivity (Wildman–Crippen MR) is 40.0 cm³/mol. The quantitative estimate of drug-likeness (QED) is 0.383. The Bertz CT molecular complexity index is 184. The number of azide groups is 1. The number of carboxylic acids is 1. The number of nitrogens with zero attached hydrogens (tertiary/aromatic N) is 3. The maximum Gasteiger partial charge on any atom is 0.303 e. The third-order valence-electron chi connectivity index (χ3n) is 1.35. The van der Waals surface area contributed by atoms with Crippen LogP contribution in [0.2, 0.25) is 0 Å². The fourth-order valence-electron chi connectivity index (χ4n) is 0.655. The Labute approximate surface area is 64.7 Å². The first kappa shape index (κ1) is 9.78. The Balaban J connectivity index is 4.10. The highest BCUT2D eigenvalue weighted by molar-refractivity contribution is 5.67. The molecule has 0 amide bonds. The number of hydrogen-bond acceptors (Lipinski definition) is 2. The monoisotopic (exact) mass is 157 g/mol. The molecule has 0 spiro atoms. The lowest BCUT2D eigenvalue weighted by Crippen LogP contribution is -2.16. The summed E-state index contributed by atoms with van der Waals surface area (Å²) in [5.41, 5.74) is 8.06. The molecule has 0 rings (SSSR count).